The topological polar surface area (TPSA) is 93.7 Å². The number of hydrogen-bond donors (Lipinski definition) is 2. The van der Waals surface area contributed by atoms with Gasteiger partial charge in [-0.25, -0.2) is 9.18 Å². The lowest BCUT2D eigenvalue weighted by Crippen LogP contribution is -2.50. The molecular weight excluding hydrogens is 630 g/mol. The second-order valence-corrected chi connectivity index (χ2v) is 8.17. The van der Waals surface area contributed by atoms with Crippen LogP contribution in [0.15, 0.2) is 34.8 Å². The Morgan fingerprint density at radius 1 is 0.846 bits per heavy atom. The summed E-state index contributed by atoms with van der Waals surface area (Å²) in [6.45, 7) is 0. The fourth-order valence-electron chi connectivity index (χ4n) is 3.13. The van der Waals surface area contributed by atoms with Gasteiger partial charge in [-0.2, -0.15) is 39.5 Å². The molecule has 2 amide bonds. The van der Waals surface area contributed by atoms with Crippen LogP contribution in [0.1, 0.15) is 21.5 Å². The Kier molecular flexibility index (Phi) is 8.84. The summed E-state index contributed by atoms with van der Waals surface area (Å²) in [6.07, 6.45) is -19.1. The highest BCUT2D eigenvalue weighted by atomic mass is 79.9. The SMILES string of the molecule is COC(=O)C(=O)Nc1cccc(C(=O)Nc2c(Br)cc(C(F)(C(F)(F)F)C(F)(F)F)cc2C(F)(F)F)c1OC. The molecule has 0 radical (unpaired) electrons. The minimum absolute atomic E-state index is 0.212. The van der Waals surface area contributed by atoms with Crippen molar-refractivity contribution >= 4 is 45.1 Å². The summed E-state index contributed by atoms with van der Waals surface area (Å²) < 4.78 is 142. The number of anilines is 2. The van der Waals surface area contributed by atoms with E-state index in [1.807, 2.05) is 5.32 Å². The van der Waals surface area contributed by atoms with Gasteiger partial charge in [0.2, 0.25) is 0 Å². The van der Waals surface area contributed by atoms with E-state index in [0.29, 0.717) is 0 Å². The number of alkyl halides is 10. The van der Waals surface area contributed by atoms with E-state index in [9.17, 15) is 58.3 Å². The second kappa shape index (κ2) is 10.9. The van der Waals surface area contributed by atoms with Crippen LogP contribution in [0.5, 0.6) is 5.75 Å². The third-order valence-electron chi connectivity index (χ3n) is 4.90. The highest BCUT2D eigenvalue weighted by molar-refractivity contribution is 9.10. The van der Waals surface area contributed by atoms with Crippen LogP contribution in [-0.2, 0) is 26.2 Å². The number of hydrogen-bond acceptors (Lipinski definition) is 5. The van der Waals surface area contributed by atoms with Gasteiger partial charge in [-0.05, 0) is 40.2 Å². The molecule has 7 nitrogen and oxygen atoms in total. The average Bonchev–Trinajstić information content (AvgIpc) is 2.81. The predicted octanol–water partition coefficient (Wildman–Crippen LogP) is 6.13. The summed E-state index contributed by atoms with van der Waals surface area (Å²) in [6, 6.07) is 2.20. The Hall–Kier alpha value is -3.57. The van der Waals surface area contributed by atoms with Gasteiger partial charge < -0.3 is 20.1 Å². The highest BCUT2D eigenvalue weighted by Crippen LogP contribution is 2.55. The molecule has 0 saturated heterocycles. The van der Waals surface area contributed by atoms with E-state index in [2.05, 4.69) is 20.7 Å². The van der Waals surface area contributed by atoms with E-state index in [1.165, 1.54) is 0 Å². The first-order valence-electron chi connectivity index (χ1n) is 9.81. The Labute approximate surface area is 219 Å². The van der Waals surface area contributed by atoms with Crippen LogP contribution in [0.4, 0.5) is 55.3 Å². The number of carbonyl (C=O) groups is 3. The van der Waals surface area contributed by atoms with Gasteiger partial charge in [0.15, 0.2) is 5.75 Å². The largest absolute Gasteiger partial charge is 0.494 e. The molecule has 2 aromatic rings. The molecule has 0 aromatic heterocycles. The summed E-state index contributed by atoms with van der Waals surface area (Å²) >= 11 is 2.37. The van der Waals surface area contributed by atoms with Gasteiger partial charge in [0.05, 0.1) is 36.7 Å². The zero-order valence-electron chi connectivity index (χ0n) is 19.1. The van der Waals surface area contributed by atoms with E-state index in [-0.39, 0.29) is 11.8 Å². The van der Waals surface area contributed by atoms with Gasteiger partial charge in [-0.1, -0.05) is 6.07 Å². The first-order valence-corrected chi connectivity index (χ1v) is 10.6. The van der Waals surface area contributed by atoms with Crippen LogP contribution >= 0.6 is 15.9 Å². The van der Waals surface area contributed by atoms with E-state index < -0.39 is 80.6 Å². The molecule has 0 atom stereocenters. The maximum absolute atomic E-state index is 14.5. The number of para-hydroxylation sites is 1. The van der Waals surface area contributed by atoms with Gasteiger partial charge in [-0.3, -0.25) is 9.59 Å². The van der Waals surface area contributed by atoms with Crippen molar-refractivity contribution in [2.75, 3.05) is 24.9 Å². The lowest BCUT2D eigenvalue weighted by molar-refractivity contribution is -0.348. The van der Waals surface area contributed by atoms with Gasteiger partial charge in [-0.15, -0.1) is 0 Å². The summed E-state index contributed by atoms with van der Waals surface area (Å²) in [7, 11) is 1.83. The van der Waals surface area contributed by atoms with Crippen LogP contribution < -0.4 is 15.4 Å². The molecule has 2 rings (SSSR count). The van der Waals surface area contributed by atoms with Crippen molar-refractivity contribution in [1.82, 2.24) is 0 Å². The molecule has 0 unspecified atom stereocenters. The van der Waals surface area contributed by atoms with Gasteiger partial charge in [0, 0.05) is 10.0 Å². The zero-order chi connectivity index (χ0) is 30.1. The molecule has 0 aliphatic carbocycles. The fourth-order valence-corrected chi connectivity index (χ4v) is 3.68. The number of rotatable bonds is 5. The molecule has 0 aliphatic heterocycles. The van der Waals surface area contributed by atoms with Gasteiger partial charge in [0.25, 0.3) is 5.91 Å². The minimum Gasteiger partial charge on any atom is -0.494 e. The Morgan fingerprint density at radius 3 is 1.87 bits per heavy atom. The molecule has 0 fully saturated rings. The third kappa shape index (κ3) is 6.20. The van der Waals surface area contributed by atoms with Crippen LogP contribution in [0, 0.1) is 0 Å². The smallest absolute Gasteiger partial charge is 0.435 e. The Balaban J connectivity index is 2.67. The van der Waals surface area contributed by atoms with E-state index in [0.717, 1.165) is 32.4 Å². The maximum Gasteiger partial charge on any atom is 0.435 e. The third-order valence-corrected chi connectivity index (χ3v) is 5.52. The van der Waals surface area contributed by atoms with Crippen molar-refractivity contribution in [3.63, 3.8) is 0 Å². The molecule has 0 saturated carbocycles. The minimum atomic E-state index is -6.71. The van der Waals surface area contributed by atoms with Crippen molar-refractivity contribution in [3.8, 4) is 5.75 Å². The zero-order valence-corrected chi connectivity index (χ0v) is 20.7. The van der Waals surface area contributed by atoms with Crippen LogP contribution in [0.25, 0.3) is 0 Å². The monoisotopic (exact) mass is 642 g/mol. The molecule has 0 aliphatic rings. The number of amides is 2. The van der Waals surface area contributed by atoms with E-state index in [4.69, 9.17) is 4.74 Å². The standard InChI is InChI=1S/C21H13BrF10N2O5/c1-38-14-9(4-3-5-12(14)33-16(36)17(37)39-2)15(35)34-13-10(19(24,25)26)6-8(7-11(13)22)18(23,20(27,28)29)21(30,31)32/h3-7H,1-2H3,(H,33,36)(H,34,35). The Bertz CT molecular complexity index is 1280. The normalized spacial score (nSPS) is 12.5. The van der Waals surface area contributed by atoms with Gasteiger partial charge >= 0.3 is 36.1 Å². The summed E-state index contributed by atoms with van der Waals surface area (Å²) in [5.41, 5.74) is -13.2. The molecule has 2 N–H and O–H groups in total. The first kappa shape index (κ1) is 31.6. The van der Waals surface area contributed by atoms with E-state index in [1.54, 1.807) is 5.32 Å². The number of ether oxygens (including phenoxy) is 2. The Morgan fingerprint density at radius 2 is 1.41 bits per heavy atom. The van der Waals surface area contributed by atoms with Crippen molar-refractivity contribution in [2.45, 2.75) is 24.2 Å². The molecule has 0 bridgehead atoms. The van der Waals surface area contributed by atoms with Crippen molar-refractivity contribution in [1.29, 1.82) is 0 Å². The quantitative estimate of drug-likeness (QED) is 0.233. The summed E-state index contributed by atoms with van der Waals surface area (Å²) in [5.74, 6) is -4.67. The highest BCUT2D eigenvalue weighted by Gasteiger charge is 2.73. The van der Waals surface area contributed by atoms with Crippen LogP contribution in [-0.4, -0.2) is 44.4 Å². The first-order chi connectivity index (χ1) is 17.7. The van der Waals surface area contributed by atoms with Crippen molar-refractivity contribution in [3.05, 3.63) is 51.5 Å². The molecule has 18 heteroatoms. The molecule has 0 heterocycles. The number of nitrogens with one attached hydrogen (secondary N) is 2. The number of esters is 1. The fraction of sp³-hybridized carbons (Fsp3) is 0.286. The molecule has 2 aromatic carbocycles. The number of halogens is 11. The van der Waals surface area contributed by atoms with Crippen LogP contribution in [0.3, 0.4) is 0 Å². The number of benzene rings is 2. The average molecular weight is 643 g/mol. The van der Waals surface area contributed by atoms with E-state index >= 15 is 0 Å². The lowest BCUT2D eigenvalue weighted by atomic mass is 9.92. The second-order valence-electron chi connectivity index (χ2n) is 7.32. The van der Waals surface area contributed by atoms with Crippen molar-refractivity contribution < 1.29 is 67.8 Å². The molecule has 39 heavy (non-hydrogen) atoms. The van der Waals surface area contributed by atoms with Crippen molar-refractivity contribution in [2.24, 2.45) is 0 Å². The molecular formula is C21H13BrF10N2O5. The predicted molar refractivity (Wildman–Crippen MR) is 116 cm³/mol. The summed E-state index contributed by atoms with van der Waals surface area (Å²) in [4.78, 5) is 35.9. The maximum atomic E-state index is 14.5. The van der Waals surface area contributed by atoms with Crippen LogP contribution in [0.2, 0.25) is 0 Å². The number of carbonyl (C=O) groups excluding carboxylic acids is 3. The lowest BCUT2D eigenvalue weighted by Gasteiger charge is -2.31. The molecule has 0 spiro atoms. The number of methoxy groups -OCH3 is 2. The summed E-state index contributed by atoms with van der Waals surface area (Å²) in [5, 5.41) is 3.68. The molecule has 214 valence electrons. The van der Waals surface area contributed by atoms with Gasteiger partial charge in [0.1, 0.15) is 0 Å².